The summed E-state index contributed by atoms with van der Waals surface area (Å²) >= 11 is 1.11. The molecule has 1 aromatic heterocycles. The van der Waals surface area contributed by atoms with Crippen LogP contribution in [0, 0.1) is 24.7 Å². The highest BCUT2D eigenvalue weighted by atomic mass is 32.1. The van der Waals surface area contributed by atoms with Crippen LogP contribution in [-0.4, -0.2) is 32.5 Å². The molecule has 1 heterocycles. The van der Waals surface area contributed by atoms with Crippen LogP contribution in [0.3, 0.4) is 0 Å². The number of urea groups is 1. The van der Waals surface area contributed by atoms with E-state index in [2.05, 4.69) is 20.0 Å². The van der Waals surface area contributed by atoms with Gasteiger partial charge in [0.05, 0.1) is 5.92 Å². The molecule has 3 rings (SSSR count). The summed E-state index contributed by atoms with van der Waals surface area (Å²) in [5, 5.41) is 15.2. The molecular formula is C12H16N4O3S. The average Bonchev–Trinajstić information content (AvgIpc) is 3.04. The molecule has 2 amide bonds. The quantitative estimate of drug-likeness (QED) is 0.783. The van der Waals surface area contributed by atoms with Gasteiger partial charge in [0.25, 0.3) is 0 Å². The average molecular weight is 296 g/mol. The fraction of sp³-hybridized carbons (Fsp3) is 0.667. The molecule has 2 fully saturated rings. The number of amides is 2. The van der Waals surface area contributed by atoms with E-state index in [1.165, 1.54) is 0 Å². The summed E-state index contributed by atoms with van der Waals surface area (Å²) < 4.78 is 3.98. The molecule has 1 aromatic rings. The Bertz CT molecular complexity index is 547. The van der Waals surface area contributed by atoms with Gasteiger partial charge in [0, 0.05) is 17.6 Å². The minimum absolute atomic E-state index is 0.201. The molecule has 0 aliphatic heterocycles. The third-order valence-corrected chi connectivity index (χ3v) is 4.97. The van der Waals surface area contributed by atoms with Gasteiger partial charge in [-0.2, -0.15) is 4.37 Å². The molecule has 4 unspecified atom stereocenters. The van der Waals surface area contributed by atoms with Crippen molar-refractivity contribution in [1.29, 1.82) is 0 Å². The molecule has 7 nitrogen and oxygen atoms in total. The standard InChI is InChI=1S/C12H16N4O3S/c1-5-13-12(20-16-5)15-11(19)14-9-7-3-2-6(4-7)8(9)10(17)18/h6-9H,2-4H2,1H3,(H,17,18)(H2,13,14,15,16,19). The minimum atomic E-state index is -0.811. The first kappa shape index (κ1) is 13.3. The molecular weight excluding hydrogens is 280 g/mol. The molecule has 108 valence electrons. The Balaban J connectivity index is 1.64. The van der Waals surface area contributed by atoms with Crippen LogP contribution in [-0.2, 0) is 4.79 Å². The lowest BCUT2D eigenvalue weighted by atomic mass is 9.84. The van der Waals surface area contributed by atoms with Crippen LogP contribution >= 0.6 is 11.5 Å². The second kappa shape index (κ2) is 5.01. The number of carboxylic acids is 1. The van der Waals surface area contributed by atoms with Crippen LogP contribution in [0.4, 0.5) is 9.93 Å². The summed E-state index contributed by atoms with van der Waals surface area (Å²) in [4.78, 5) is 27.3. The van der Waals surface area contributed by atoms with Gasteiger partial charge in [-0.15, -0.1) is 0 Å². The van der Waals surface area contributed by atoms with Crippen molar-refractivity contribution in [2.24, 2.45) is 17.8 Å². The van der Waals surface area contributed by atoms with Crippen LogP contribution in [0.1, 0.15) is 25.1 Å². The number of carbonyl (C=O) groups excluding carboxylic acids is 1. The highest BCUT2D eigenvalue weighted by Gasteiger charge is 2.51. The van der Waals surface area contributed by atoms with Crippen LogP contribution in [0.25, 0.3) is 0 Å². The predicted octanol–water partition coefficient (Wildman–Crippen LogP) is 1.47. The lowest BCUT2D eigenvalue weighted by molar-refractivity contribution is -0.144. The number of fused-ring (bicyclic) bond motifs is 2. The van der Waals surface area contributed by atoms with E-state index >= 15 is 0 Å². The normalized spacial score (nSPS) is 31.2. The van der Waals surface area contributed by atoms with E-state index in [0.29, 0.717) is 11.0 Å². The van der Waals surface area contributed by atoms with E-state index in [-0.39, 0.29) is 17.9 Å². The van der Waals surface area contributed by atoms with Gasteiger partial charge in [-0.05, 0) is 38.0 Å². The topological polar surface area (TPSA) is 104 Å². The maximum absolute atomic E-state index is 11.9. The van der Waals surface area contributed by atoms with Crippen molar-refractivity contribution < 1.29 is 14.7 Å². The fourth-order valence-electron chi connectivity index (χ4n) is 3.49. The van der Waals surface area contributed by atoms with Crippen LogP contribution < -0.4 is 10.6 Å². The molecule has 8 heteroatoms. The summed E-state index contributed by atoms with van der Waals surface area (Å²) in [6, 6.07) is -0.676. The first-order valence-electron chi connectivity index (χ1n) is 6.65. The number of aliphatic carboxylic acids is 1. The van der Waals surface area contributed by atoms with Crippen molar-refractivity contribution in [2.75, 3.05) is 5.32 Å². The van der Waals surface area contributed by atoms with Gasteiger partial charge in [-0.3, -0.25) is 10.1 Å². The lowest BCUT2D eigenvalue weighted by Gasteiger charge is -2.28. The molecule has 4 atom stereocenters. The van der Waals surface area contributed by atoms with Gasteiger partial charge in [0.15, 0.2) is 0 Å². The largest absolute Gasteiger partial charge is 0.481 e. The van der Waals surface area contributed by atoms with Crippen molar-refractivity contribution in [3.8, 4) is 0 Å². The molecule has 2 aliphatic rings. The van der Waals surface area contributed by atoms with Crippen molar-refractivity contribution in [2.45, 2.75) is 32.2 Å². The van der Waals surface area contributed by atoms with Gasteiger partial charge >= 0.3 is 12.0 Å². The Kier molecular flexibility index (Phi) is 3.33. The molecule has 2 aliphatic carbocycles. The van der Waals surface area contributed by atoms with E-state index in [0.717, 1.165) is 30.8 Å². The smallest absolute Gasteiger partial charge is 0.321 e. The summed E-state index contributed by atoms with van der Waals surface area (Å²) in [7, 11) is 0. The van der Waals surface area contributed by atoms with Gasteiger partial charge in [0.2, 0.25) is 5.13 Å². The number of anilines is 1. The summed E-state index contributed by atoms with van der Waals surface area (Å²) in [6.45, 7) is 1.75. The van der Waals surface area contributed by atoms with E-state index in [1.54, 1.807) is 6.92 Å². The number of nitrogens with one attached hydrogen (secondary N) is 2. The van der Waals surface area contributed by atoms with E-state index in [1.807, 2.05) is 0 Å². The summed E-state index contributed by atoms with van der Waals surface area (Å²) in [5.41, 5.74) is 0. The van der Waals surface area contributed by atoms with Gasteiger partial charge in [0.1, 0.15) is 5.82 Å². The number of aryl methyl sites for hydroxylation is 1. The molecule has 2 bridgehead atoms. The molecule has 0 radical (unpaired) electrons. The number of carboxylic acid groups (broad SMARTS) is 1. The zero-order chi connectivity index (χ0) is 14.3. The monoisotopic (exact) mass is 296 g/mol. The number of aromatic nitrogens is 2. The van der Waals surface area contributed by atoms with E-state index in [9.17, 15) is 14.7 Å². The highest BCUT2D eigenvalue weighted by Crippen LogP contribution is 2.48. The van der Waals surface area contributed by atoms with Crippen molar-refractivity contribution in [3.63, 3.8) is 0 Å². The van der Waals surface area contributed by atoms with Crippen LogP contribution in [0.5, 0.6) is 0 Å². The molecule has 0 saturated heterocycles. The Hall–Kier alpha value is -1.70. The fourth-order valence-corrected chi connectivity index (χ4v) is 4.06. The van der Waals surface area contributed by atoms with E-state index < -0.39 is 17.9 Å². The number of rotatable bonds is 3. The first-order valence-corrected chi connectivity index (χ1v) is 7.42. The molecule has 0 aromatic carbocycles. The van der Waals surface area contributed by atoms with Crippen molar-refractivity contribution in [3.05, 3.63) is 5.82 Å². The van der Waals surface area contributed by atoms with Gasteiger partial charge in [-0.1, -0.05) is 0 Å². The SMILES string of the molecule is Cc1nsc(NC(=O)NC2C3CCC(C3)C2C(=O)O)n1. The third-order valence-electron chi connectivity index (χ3n) is 4.25. The molecule has 20 heavy (non-hydrogen) atoms. The molecule has 3 N–H and O–H groups in total. The Morgan fingerprint density at radius 2 is 2.10 bits per heavy atom. The third kappa shape index (κ3) is 2.35. The lowest BCUT2D eigenvalue weighted by Crippen LogP contribution is -2.48. The number of hydrogen-bond acceptors (Lipinski definition) is 5. The zero-order valence-corrected chi connectivity index (χ0v) is 11.8. The van der Waals surface area contributed by atoms with Crippen LogP contribution in [0.2, 0.25) is 0 Å². The molecule has 2 saturated carbocycles. The second-order valence-corrected chi connectivity index (χ2v) is 6.22. The summed E-state index contributed by atoms with van der Waals surface area (Å²) in [5.74, 6) is -0.187. The Morgan fingerprint density at radius 3 is 2.75 bits per heavy atom. The Labute approximate surface area is 120 Å². The first-order chi connectivity index (χ1) is 9.54. The maximum Gasteiger partial charge on any atom is 0.321 e. The van der Waals surface area contributed by atoms with Crippen LogP contribution in [0.15, 0.2) is 0 Å². The van der Waals surface area contributed by atoms with Gasteiger partial charge < -0.3 is 10.4 Å². The predicted molar refractivity (Wildman–Crippen MR) is 72.5 cm³/mol. The van der Waals surface area contributed by atoms with Crippen molar-refractivity contribution >= 4 is 28.7 Å². The summed E-state index contributed by atoms with van der Waals surface area (Å²) in [6.07, 6.45) is 2.86. The van der Waals surface area contributed by atoms with Crippen molar-refractivity contribution in [1.82, 2.24) is 14.7 Å². The minimum Gasteiger partial charge on any atom is -0.481 e. The number of carbonyl (C=O) groups is 2. The maximum atomic E-state index is 11.9. The molecule has 0 spiro atoms. The number of hydrogen-bond donors (Lipinski definition) is 3. The Morgan fingerprint density at radius 1 is 1.35 bits per heavy atom. The van der Waals surface area contributed by atoms with Gasteiger partial charge in [-0.25, -0.2) is 9.78 Å². The van der Waals surface area contributed by atoms with E-state index in [4.69, 9.17) is 0 Å². The zero-order valence-electron chi connectivity index (χ0n) is 11.0. The second-order valence-electron chi connectivity index (χ2n) is 5.47. The highest BCUT2D eigenvalue weighted by molar-refractivity contribution is 7.09. The number of nitrogens with zero attached hydrogens (tertiary/aromatic N) is 2.